The van der Waals surface area contributed by atoms with Crippen LogP contribution in [0.3, 0.4) is 0 Å². The highest BCUT2D eigenvalue weighted by Gasteiger charge is 2.26. The molecule has 1 saturated heterocycles. The molecule has 1 aromatic carbocycles. The maximum Gasteiger partial charge on any atom is 0.225 e. The van der Waals surface area contributed by atoms with Crippen molar-refractivity contribution in [2.24, 2.45) is 12.7 Å². The first-order valence-corrected chi connectivity index (χ1v) is 11.4. The van der Waals surface area contributed by atoms with Gasteiger partial charge in [0.1, 0.15) is 17.7 Å². The van der Waals surface area contributed by atoms with Crippen molar-refractivity contribution in [3.63, 3.8) is 0 Å². The maximum atomic E-state index is 13.4. The summed E-state index contributed by atoms with van der Waals surface area (Å²) >= 11 is 0. The number of halogens is 1. The third kappa shape index (κ3) is 4.27. The number of benzene rings is 1. The van der Waals surface area contributed by atoms with E-state index in [2.05, 4.69) is 25.1 Å². The summed E-state index contributed by atoms with van der Waals surface area (Å²) in [6.45, 7) is -5.87. The number of rotatable bonds is 5. The van der Waals surface area contributed by atoms with Crippen molar-refractivity contribution in [2.75, 3.05) is 35.9 Å². The molecule has 0 unspecified atom stereocenters. The minimum Gasteiger partial charge on any atom is -0.351 e. The van der Waals surface area contributed by atoms with Gasteiger partial charge in [0.15, 0.2) is 5.82 Å². The van der Waals surface area contributed by atoms with Gasteiger partial charge in [-0.2, -0.15) is 10.2 Å². The van der Waals surface area contributed by atoms with E-state index >= 15 is 0 Å². The second-order valence-corrected chi connectivity index (χ2v) is 8.80. The largest absolute Gasteiger partial charge is 0.351 e. The highest BCUT2D eigenvalue weighted by Crippen LogP contribution is 2.29. The zero-order valence-corrected chi connectivity index (χ0v) is 19.7. The lowest BCUT2D eigenvalue weighted by atomic mass is 9.87. The molecule has 188 valence electrons. The minimum atomic E-state index is -2.45. The van der Waals surface area contributed by atoms with E-state index < -0.39 is 25.5 Å². The normalized spacial score (nSPS) is 21.6. The zero-order valence-electron chi connectivity index (χ0n) is 26.7. The molecule has 1 atom stereocenters. The van der Waals surface area contributed by atoms with Crippen LogP contribution in [0.25, 0.3) is 16.6 Å². The van der Waals surface area contributed by atoms with Crippen LogP contribution >= 0.6 is 0 Å². The number of hydrogen-bond donors (Lipinski definition) is 1. The van der Waals surface area contributed by atoms with Crippen LogP contribution in [-0.2, 0) is 12.5 Å². The van der Waals surface area contributed by atoms with Crippen molar-refractivity contribution in [3.05, 3.63) is 84.6 Å². The molecule has 10 nitrogen and oxygen atoms in total. The van der Waals surface area contributed by atoms with Gasteiger partial charge in [0.25, 0.3) is 0 Å². The SMILES string of the molecule is [2H]C1([2H])CN(c2ncc([C@@](C)(N)c3ccc(F)cc3)cn2)CC([2H])([2H])N1c1ncnn2cc(-c3cnn(C([2H])([2H])[2H])c3)cc12. The molecule has 11 heteroatoms. The number of aromatic nitrogens is 7. The standard InChI is InChI=1S/C26H27FN10/c1-26(28,20-3-5-22(27)6-4-20)21-13-29-25(30-14-21)36-9-7-35(8-10-36)24-23-11-18(16-37(23)33-17-31-24)19-12-32-34(2)15-19/h3-6,11-17H,7-10,28H2,1-2H3/t26-/m0/s1/i2D3,7D2,8D2. The van der Waals surface area contributed by atoms with E-state index in [9.17, 15) is 4.39 Å². The first-order chi connectivity index (χ1) is 20.6. The summed E-state index contributed by atoms with van der Waals surface area (Å²) < 4.78 is 74.0. The Morgan fingerprint density at radius 2 is 1.70 bits per heavy atom. The molecule has 0 radical (unpaired) electrons. The van der Waals surface area contributed by atoms with E-state index in [0.717, 1.165) is 9.58 Å². The van der Waals surface area contributed by atoms with Gasteiger partial charge in [-0.15, -0.1) is 0 Å². The van der Waals surface area contributed by atoms with E-state index in [0.29, 0.717) is 27.8 Å². The van der Waals surface area contributed by atoms with Crippen molar-refractivity contribution < 1.29 is 14.0 Å². The summed E-state index contributed by atoms with van der Waals surface area (Å²) in [4.78, 5) is 15.4. The lowest BCUT2D eigenvalue weighted by molar-refractivity contribution is 0.585. The van der Waals surface area contributed by atoms with Crippen LogP contribution in [0.1, 0.15) is 27.6 Å². The molecular formula is C26H27FN10. The van der Waals surface area contributed by atoms with Crippen LogP contribution in [0.15, 0.2) is 67.6 Å². The molecule has 0 bridgehead atoms. The highest BCUT2D eigenvalue weighted by molar-refractivity contribution is 5.77. The molecular weight excluding hydrogens is 471 g/mol. The lowest BCUT2D eigenvalue weighted by Gasteiger charge is -2.35. The van der Waals surface area contributed by atoms with Gasteiger partial charge in [0, 0.05) is 78.6 Å². The van der Waals surface area contributed by atoms with E-state index in [1.165, 1.54) is 52.7 Å². The molecule has 6 rings (SSSR count). The summed E-state index contributed by atoms with van der Waals surface area (Å²) in [7, 11) is 0. The smallest absolute Gasteiger partial charge is 0.225 e. The Kier molecular flexibility index (Phi) is 3.95. The monoisotopic (exact) mass is 505 g/mol. The van der Waals surface area contributed by atoms with Gasteiger partial charge in [-0.3, -0.25) is 4.68 Å². The van der Waals surface area contributed by atoms with Gasteiger partial charge in [0.05, 0.1) is 17.2 Å². The number of hydrogen-bond acceptors (Lipinski definition) is 8. The van der Waals surface area contributed by atoms with Gasteiger partial charge < -0.3 is 15.5 Å². The Morgan fingerprint density at radius 1 is 0.946 bits per heavy atom. The lowest BCUT2D eigenvalue weighted by Crippen LogP contribution is -2.47. The zero-order chi connectivity index (χ0) is 31.7. The van der Waals surface area contributed by atoms with Gasteiger partial charge in [-0.25, -0.2) is 23.9 Å². The third-order valence-corrected chi connectivity index (χ3v) is 6.32. The predicted molar refractivity (Wildman–Crippen MR) is 139 cm³/mol. The van der Waals surface area contributed by atoms with Crippen molar-refractivity contribution in [1.82, 2.24) is 34.3 Å². The molecule has 4 aromatic heterocycles. The fourth-order valence-electron chi connectivity index (χ4n) is 4.15. The van der Waals surface area contributed by atoms with E-state index in [1.54, 1.807) is 31.3 Å². The molecule has 0 saturated carbocycles. The second kappa shape index (κ2) is 8.93. The molecule has 37 heavy (non-hydrogen) atoms. The molecule has 1 fully saturated rings. The van der Waals surface area contributed by atoms with Crippen LogP contribution < -0.4 is 15.5 Å². The maximum absolute atomic E-state index is 13.4. The molecule has 1 aliphatic rings. The molecule has 5 aromatic rings. The third-order valence-electron chi connectivity index (χ3n) is 6.32. The molecule has 2 N–H and O–H groups in total. The Hall–Kier alpha value is -4.38. The number of nitrogens with zero attached hydrogens (tertiary/aromatic N) is 9. The number of aryl methyl sites for hydroxylation is 1. The number of fused-ring (bicyclic) bond motifs is 1. The Labute approximate surface area is 223 Å². The quantitative estimate of drug-likeness (QED) is 0.389. The van der Waals surface area contributed by atoms with Crippen LogP contribution in [0.5, 0.6) is 0 Å². The number of nitrogens with two attached hydrogens (primary N) is 1. The summed E-state index contributed by atoms with van der Waals surface area (Å²) in [6, 6.07) is 7.41. The van der Waals surface area contributed by atoms with E-state index in [1.807, 2.05) is 0 Å². The van der Waals surface area contributed by atoms with Gasteiger partial charge in [0.2, 0.25) is 5.95 Å². The van der Waals surface area contributed by atoms with Crippen molar-refractivity contribution in [3.8, 4) is 11.1 Å². The predicted octanol–water partition coefficient (Wildman–Crippen LogP) is 2.61. The average molecular weight is 506 g/mol. The molecule has 0 aliphatic carbocycles. The highest BCUT2D eigenvalue weighted by atomic mass is 19.1. The average Bonchev–Trinajstić information content (AvgIpc) is 3.60. The second-order valence-electron chi connectivity index (χ2n) is 8.80. The van der Waals surface area contributed by atoms with Gasteiger partial charge >= 0.3 is 0 Å². The van der Waals surface area contributed by atoms with Gasteiger partial charge in [-0.05, 0) is 30.7 Å². The Balaban J connectivity index is 1.29. The minimum absolute atomic E-state index is 0.0126. The van der Waals surface area contributed by atoms with Crippen LogP contribution in [-0.4, -0.2) is 60.4 Å². The summed E-state index contributed by atoms with van der Waals surface area (Å²) in [5.41, 5.74) is 8.02. The molecule has 0 spiro atoms. The molecule has 0 amide bonds. The Bertz CT molecular complexity index is 1800. The van der Waals surface area contributed by atoms with Gasteiger partial charge in [-0.1, -0.05) is 12.1 Å². The molecule has 1 aliphatic heterocycles. The molecule has 5 heterocycles. The first-order valence-electron chi connectivity index (χ1n) is 14.9. The van der Waals surface area contributed by atoms with Crippen molar-refractivity contribution in [2.45, 2.75) is 12.5 Å². The first kappa shape index (κ1) is 16.4. The van der Waals surface area contributed by atoms with Crippen molar-refractivity contribution in [1.29, 1.82) is 0 Å². The number of anilines is 2. The van der Waals surface area contributed by atoms with Crippen molar-refractivity contribution >= 4 is 17.3 Å². The topological polar surface area (TPSA) is 106 Å². The summed E-state index contributed by atoms with van der Waals surface area (Å²) in [5.74, 6) is -0.263. The van der Waals surface area contributed by atoms with Crippen LogP contribution in [0.2, 0.25) is 0 Å². The van der Waals surface area contributed by atoms with E-state index in [-0.39, 0.29) is 30.7 Å². The number of piperazine rings is 1. The van der Waals surface area contributed by atoms with Crippen LogP contribution in [0, 0.1) is 5.82 Å². The summed E-state index contributed by atoms with van der Waals surface area (Å²) in [6.07, 6.45) is 8.55. The fraction of sp³-hybridized carbons (Fsp3) is 0.269. The van der Waals surface area contributed by atoms with Crippen LogP contribution in [0.4, 0.5) is 16.2 Å². The van der Waals surface area contributed by atoms with E-state index in [4.69, 9.17) is 15.3 Å². The fourth-order valence-corrected chi connectivity index (χ4v) is 4.15. The summed E-state index contributed by atoms with van der Waals surface area (Å²) in [5, 5.41) is 8.09. The Morgan fingerprint density at radius 3 is 2.41 bits per heavy atom.